The van der Waals surface area contributed by atoms with Crippen molar-refractivity contribution in [1.29, 1.82) is 0 Å². The van der Waals surface area contributed by atoms with E-state index >= 15 is 0 Å². The summed E-state index contributed by atoms with van der Waals surface area (Å²) in [6.45, 7) is 7.03. The van der Waals surface area contributed by atoms with Crippen LogP contribution in [0.25, 0.3) is 0 Å². The maximum absolute atomic E-state index is 11.1. The van der Waals surface area contributed by atoms with Crippen LogP contribution in [0.1, 0.15) is 91.4 Å². The smallest absolute Gasteiger partial charge is 0.544 e. The number of rotatable bonds is 4. The monoisotopic (exact) mass is 398 g/mol. The minimum absolute atomic E-state index is 0. The summed E-state index contributed by atoms with van der Waals surface area (Å²) in [5, 5.41) is 30.8. The molecule has 0 amide bonds. The Labute approximate surface area is 188 Å². The van der Waals surface area contributed by atoms with Crippen LogP contribution in [0.15, 0.2) is 0 Å². The van der Waals surface area contributed by atoms with Gasteiger partial charge >= 0.3 is 18.9 Å². The van der Waals surface area contributed by atoms with Crippen LogP contribution in [-0.2, 0) is 4.79 Å². The Morgan fingerprint density at radius 3 is 2.38 bits per heavy atom. The average Bonchev–Trinajstić information content (AvgIpc) is 2.98. The van der Waals surface area contributed by atoms with Gasteiger partial charge in [-0.2, -0.15) is 0 Å². The van der Waals surface area contributed by atoms with Crippen LogP contribution in [0.3, 0.4) is 0 Å². The minimum Gasteiger partial charge on any atom is -0.544 e. The molecule has 0 saturated heterocycles. The zero-order valence-electron chi connectivity index (χ0n) is 19.0. The van der Waals surface area contributed by atoms with E-state index in [9.17, 15) is 20.1 Å². The summed E-state index contributed by atoms with van der Waals surface area (Å²) in [7, 11) is 0. The largest absolute Gasteiger partial charge is 1.00 e. The number of aliphatic carboxylic acids is 1. The Kier molecular flexibility index (Phi) is 6.65. The van der Waals surface area contributed by atoms with Crippen molar-refractivity contribution in [1.82, 2.24) is 0 Å². The first-order valence-corrected chi connectivity index (χ1v) is 11.8. The SMILES string of the molecule is C[C@H](CC(O)(O)C(=O)[O-])[C@H]1CC[C@H]2[C@@H]3CCC4CCCC[C@]4(C)[C@H]3CC[C@]12C.[Li+]. The molecular weight excluding hydrogens is 359 g/mol. The molecule has 0 aromatic rings. The van der Waals surface area contributed by atoms with Crippen molar-refractivity contribution in [2.24, 2.45) is 46.3 Å². The second kappa shape index (κ2) is 8.16. The number of carboxylic acids is 1. The fraction of sp³-hybridized carbons (Fsp3) is 0.958. The topological polar surface area (TPSA) is 80.6 Å². The van der Waals surface area contributed by atoms with Crippen LogP contribution in [0.4, 0.5) is 0 Å². The molecule has 0 aromatic carbocycles. The summed E-state index contributed by atoms with van der Waals surface area (Å²) in [5.74, 6) is -0.830. The second-order valence-corrected chi connectivity index (χ2v) is 11.4. The normalized spacial score (nSPS) is 45.3. The van der Waals surface area contributed by atoms with E-state index < -0.39 is 11.8 Å². The number of carboxylic acid groups (broad SMARTS) is 1. The fourth-order valence-corrected chi connectivity index (χ4v) is 8.95. The maximum atomic E-state index is 11.1. The average molecular weight is 399 g/mol. The van der Waals surface area contributed by atoms with Gasteiger partial charge in [0.15, 0.2) is 0 Å². The van der Waals surface area contributed by atoms with Crippen molar-refractivity contribution >= 4 is 5.97 Å². The molecule has 0 bridgehead atoms. The first-order chi connectivity index (χ1) is 13.1. The van der Waals surface area contributed by atoms with Gasteiger partial charge in [0.25, 0.3) is 0 Å². The van der Waals surface area contributed by atoms with Gasteiger partial charge in [0.05, 0.1) is 0 Å². The predicted octanol–water partition coefficient (Wildman–Crippen LogP) is 0.496. The molecule has 0 radical (unpaired) electrons. The van der Waals surface area contributed by atoms with Crippen LogP contribution in [0, 0.1) is 46.3 Å². The van der Waals surface area contributed by atoms with Crippen molar-refractivity contribution in [2.75, 3.05) is 0 Å². The molecule has 4 nitrogen and oxygen atoms in total. The molecule has 4 rings (SSSR count). The van der Waals surface area contributed by atoms with E-state index in [0.29, 0.717) is 17.3 Å². The van der Waals surface area contributed by atoms with Gasteiger partial charge in [-0.1, -0.05) is 33.6 Å². The Morgan fingerprint density at radius 1 is 1.00 bits per heavy atom. The van der Waals surface area contributed by atoms with E-state index in [2.05, 4.69) is 13.8 Å². The second-order valence-electron chi connectivity index (χ2n) is 11.4. The van der Waals surface area contributed by atoms with Gasteiger partial charge < -0.3 is 20.1 Å². The van der Waals surface area contributed by atoms with Crippen molar-refractivity contribution in [3.63, 3.8) is 0 Å². The number of hydrogen-bond donors (Lipinski definition) is 2. The van der Waals surface area contributed by atoms with Gasteiger partial charge in [-0.15, -0.1) is 0 Å². The summed E-state index contributed by atoms with van der Waals surface area (Å²) >= 11 is 0. The third kappa shape index (κ3) is 3.75. The zero-order chi connectivity index (χ0) is 20.3. The van der Waals surface area contributed by atoms with Crippen LogP contribution in [0.5, 0.6) is 0 Å². The summed E-state index contributed by atoms with van der Waals surface area (Å²) < 4.78 is 0. The fourth-order valence-electron chi connectivity index (χ4n) is 8.95. The van der Waals surface area contributed by atoms with Crippen molar-refractivity contribution in [3.05, 3.63) is 0 Å². The summed E-state index contributed by atoms with van der Waals surface area (Å²) in [6, 6.07) is 0. The van der Waals surface area contributed by atoms with Crippen LogP contribution < -0.4 is 24.0 Å². The van der Waals surface area contributed by atoms with E-state index in [-0.39, 0.29) is 36.6 Å². The third-order valence-corrected chi connectivity index (χ3v) is 10.3. The molecule has 0 spiro atoms. The maximum Gasteiger partial charge on any atom is 1.00 e. The molecule has 4 aliphatic rings. The van der Waals surface area contributed by atoms with Gasteiger partial charge in [-0.05, 0) is 97.7 Å². The quantitative estimate of drug-likeness (QED) is 0.534. The van der Waals surface area contributed by atoms with E-state index in [0.717, 1.165) is 24.2 Å². The van der Waals surface area contributed by atoms with Gasteiger partial charge in [0, 0.05) is 6.42 Å². The Hall–Kier alpha value is -0.0126. The summed E-state index contributed by atoms with van der Waals surface area (Å²) in [6.07, 6.45) is 13.1. The number of carbonyl (C=O) groups excluding carboxylic acids is 1. The zero-order valence-corrected chi connectivity index (χ0v) is 19.0. The number of carbonyl (C=O) groups is 1. The van der Waals surface area contributed by atoms with Crippen LogP contribution in [-0.4, -0.2) is 22.0 Å². The molecule has 2 N–H and O–H groups in total. The Morgan fingerprint density at radius 2 is 1.69 bits per heavy atom. The summed E-state index contributed by atoms with van der Waals surface area (Å²) in [5.41, 5.74) is 0.743. The van der Waals surface area contributed by atoms with Crippen LogP contribution in [0.2, 0.25) is 0 Å². The molecule has 4 fully saturated rings. The van der Waals surface area contributed by atoms with Gasteiger partial charge in [0.1, 0.15) is 5.97 Å². The molecule has 0 heterocycles. The molecule has 0 aliphatic heterocycles. The molecule has 8 atom stereocenters. The Bertz CT molecular complexity index is 622. The predicted molar refractivity (Wildman–Crippen MR) is 106 cm³/mol. The molecule has 160 valence electrons. The first-order valence-electron chi connectivity index (χ1n) is 11.8. The molecule has 1 unspecified atom stereocenters. The third-order valence-electron chi connectivity index (χ3n) is 10.3. The molecule has 4 aliphatic carbocycles. The molecular formula is C24H39LiO4. The van der Waals surface area contributed by atoms with E-state index in [1.54, 1.807) is 0 Å². The van der Waals surface area contributed by atoms with Crippen molar-refractivity contribution < 1.29 is 39.0 Å². The minimum atomic E-state index is -2.71. The standard InChI is InChI=1S/C24H40O4.Li/c1-15(14-24(27,28)21(25)26)18-9-10-19-17-8-7-16-6-4-5-12-22(16,2)20(17)11-13-23(18,19)3;/h15-20,27-28H,4-14H2,1-3H3,(H,25,26);/q;+1/p-1/t15-,16?,17+,18-,19+,20+,22+,23-;/m1./s1. The van der Waals surface area contributed by atoms with Gasteiger partial charge in [0.2, 0.25) is 5.79 Å². The first kappa shape index (κ1) is 23.6. The van der Waals surface area contributed by atoms with Crippen molar-refractivity contribution in [2.45, 2.75) is 97.2 Å². The number of fused-ring (bicyclic) bond motifs is 5. The van der Waals surface area contributed by atoms with Gasteiger partial charge in [-0.25, -0.2) is 0 Å². The van der Waals surface area contributed by atoms with Crippen molar-refractivity contribution in [3.8, 4) is 0 Å². The number of hydrogen-bond acceptors (Lipinski definition) is 4. The van der Waals surface area contributed by atoms with E-state index in [1.807, 2.05) is 6.92 Å². The van der Waals surface area contributed by atoms with Crippen LogP contribution >= 0.6 is 0 Å². The molecule has 29 heavy (non-hydrogen) atoms. The van der Waals surface area contributed by atoms with E-state index in [4.69, 9.17) is 0 Å². The molecule has 5 heteroatoms. The number of aliphatic hydroxyl groups is 2. The van der Waals surface area contributed by atoms with Gasteiger partial charge in [-0.3, -0.25) is 0 Å². The Balaban J connectivity index is 0.00000240. The summed E-state index contributed by atoms with van der Waals surface area (Å²) in [4.78, 5) is 11.1. The van der Waals surface area contributed by atoms with E-state index in [1.165, 1.54) is 57.8 Å². The molecule has 0 aromatic heterocycles. The molecule has 4 saturated carbocycles.